The van der Waals surface area contributed by atoms with Crippen molar-refractivity contribution in [3.8, 4) is 0 Å². The summed E-state index contributed by atoms with van der Waals surface area (Å²) in [5.74, 6) is -2.06. The van der Waals surface area contributed by atoms with Crippen LogP contribution in [0.2, 0.25) is 0 Å². The summed E-state index contributed by atoms with van der Waals surface area (Å²) in [6.45, 7) is 11.2. The standard InChI is InChI=1S/C29H35N3O6S/c1-7-17(2)14-15-29(6)20-11-9-8-10-19(20)24(33)23(25(29)34)26-31-21-13-12-18(16-22(21)39(36,37)32-26)30-27(35)38-28(3,4)5/h8-13,16-17,23H,7,14-15H2,1-6H3,(H,30,35)(H,31,32)/t17-,23?,29?/m0/s1. The SMILES string of the molecule is CC[C@H](C)CCC1(C)C(=O)C(C2=NS(=O)(=O)c3cc(NC(=O)OC(C)(C)C)ccc3N2)C(=O)c2ccccc21. The summed E-state index contributed by atoms with van der Waals surface area (Å²) in [5.41, 5.74) is -0.283. The maximum atomic E-state index is 14.0. The minimum atomic E-state index is -4.30. The first-order valence-electron chi connectivity index (χ1n) is 13.1. The third kappa shape index (κ3) is 5.61. The van der Waals surface area contributed by atoms with Crippen LogP contribution in [0.15, 0.2) is 51.8 Å². The Bertz CT molecular complexity index is 1470. The molecule has 3 atom stereocenters. The van der Waals surface area contributed by atoms with Gasteiger partial charge < -0.3 is 10.1 Å². The number of Topliss-reactive ketones (excluding diaryl/α,β-unsaturated/α-hetero) is 2. The molecule has 2 aromatic carbocycles. The number of hydrogen-bond acceptors (Lipinski definition) is 7. The number of ether oxygens (including phenoxy) is 1. The zero-order valence-electron chi connectivity index (χ0n) is 23.1. The number of nitrogens with zero attached hydrogens (tertiary/aromatic N) is 1. The Morgan fingerprint density at radius 1 is 1.18 bits per heavy atom. The second-order valence-corrected chi connectivity index (χ2v) is 13.1. The first-order valence-corrected chi connectivity index (χ1v) is 14.5. The van der Waals surface area contributed by atoms with Gasteiger partial charge in [-0.1, -0.05) is 44.5 Å². The Morgan fingerprint density at radius 2 is 1.87 bits per heavy atom. The number of carbonyl (C=O) groups is 3. The van der Waals surface area contributed by atoms with Gasteiger partial charge in [0.15, 0.2) is 11.6 Å². The second-order valence-electron chi connectivity index (χ2n) is 11.5. The minimum absolute atomic E-state index is 0.163. The summed E-state index contributed by atoms with van der Waals surface area (Å²) in [4.78, 5) is 39.6. The summed E-state index contributed by atoms with van der Waals surface area (Å²) >= 11 is 0. The van der Waals surface area contributed by atoms with E-state index in [4.69, 9.17) is 4.74 Å². The van der Waals surface area contributed by atoms with Gasteiger partial charge >= 0.3 is 6.09 Å². The predicted molar refractivity (Wildman–Crippen MR) is 150 cm³/mol. The van der Waals surface area contributed by atoms with E-state index in [0.717, 1.165) is 12.8 Å². The maximum Gasteiger partial charge on any atom is 0.412 e. The van der Waals surface area contributed by atoms with E-state index in [1.807, 2.05) is 6.92 Å². The van der Waals surface area contributed by atoms with Gasteiger partial charge in [0.1, 0.15) is 22.3 Å². The number of fused-ring (bicyclic) bond motifs is 2. The molecule has 1 aliphatic carbocycles. The number of rotatable bonds is 6. The van der Waals surface area contributed by atoms with Crippen molar-refractivity contribution in [3.05, 3.63) is 53.6 Å². The molecule has 9 nitrogen and oxygen atoms in total. The quantitative estimate of drug-likeness (QED) is 0.438. The van der Waals surface area contributed by atoms with E-state index in [1.165, 1.54) is 18.2 Å². The Kier molecular flexibility index (Phi) is 7.46. The normalized spacial score (nSPS) is 22.6. The zero-order valence-corrected chi connectivity index (χ0v) is 23.9. The lowest BCUT2D eigenvalue weighted by molar-refractivity contribution is -0.125. The van der Waals surface area contributed by atoms with Crippen molar-refractivity contribution < 1.29 is 27.5 Å². The van der Waals surface area contributed by atoms with E-state index in [-0.39, 0.29) is 27.9 Å². The van der Waals surface area contributed by atoms with Crippen LogP contribution < -0.4 is 10.6 Å². The Balaban J connectivity index is 1.70. The summed E-state index contributed by atoms with van der Waals surface area (Å²) < 4.78 is 35.7. The number of benzene rings is 2. The monoisotopic (exact) mass is 553 g/mol. The van der Waals surface area contributed by atoms with Crippen molar-refractivity contribution in [2.45, 2.75) is 76.7 Å². The van der Waals surface area contributed by atoms with Crippen LogP contribution >= 0.6 is 0 Å². The van der Waals surface area contributed by atoms with Gasteiger partial charge in [-0.25, -0.2) is 4.79 Å². The highest BCUT2D eigenvalue weighted by Crippen LogP contribution is 2.43. The van der Waals surface area contributed by atoms with E-state index < -0.39 is 38.8 Å². The van der Waals surface area contributed by atoms with Crippen LogP contribution in [0.4, 0.5) is 16.2 Å². The van der Waals surface area contributed by atoms with E-state index in [2.05, 4.69) is 28.9 Å². The number of hydrogen-bond donors (Lipinski definition) is 2. The third-order valence-electron chi connectivity index (χ3n) is 7.35. The van der Waals surface area contributed by atoms with Crippen molar-refractivity contribution in [3.63, 3.8) is 0 Å². The van der Waals surface area contributed by atoms with Gasteiger partial charge in [-0.05, 0) is 70.2 Å². The van der Waals surface area contributed by atoms with Crippen LogP contribution in [-0.2, 0) is 25.0 Å². The number of amidine groups is 1. The van der Waals surface area contributed by atoms with E-state index in [0.29, 0.717) is 23.5 Å². The lowest BCUT2D eigenvalue weighted by atomic mass is 9.63. The number of sulfonamides is 1. The summed E-state index contributed by atoms with van der Waals surface area (Å²) in [5, 5.41) is 5.45. The lowest BCUT2D eigenvalue weighted by Gasteiger charge is -2.39. The molecule has 1 heterocycles. The molecule has 10 heteroatoms. The molecule has 0 saturated heterocycles. The summed E-state index contributed by atoms with van der Waals surface area (Å²) in [6, 6.07) is 11.3. The van der Waals surface area contributed by atoms with Gasteiger partial charge in [-0.15, -0.1) is 4.40 Å². The average Bonchev–Trinajstić information content (AvgIpc) is 2.85. The molecule has 2 unspecified atom stereocenters. The first-order chi connectivity index (χ1) is 18.2. The number of nitrogens with one attached hydrogen (secondary N) is 2. The molecular weight excluding hydrogens is 518 g/mol. The van der Waals surface area contributed by atoms with Gasteiger partial charge in [0.2, 0.25) is 0 Å². The van der Waals surface area contributed by atoms with Crippen LogP contribution in [0.5, 0.6) is 0 Å². The average molecular weight is 554 g/mol. The smallest absolute Gasteiger partial charge is 0.412 e. The fourth-order valence-electron chi connectivity index (χ4n) is 4.95. The molecule has 2 aliphatic rings. The Morgan fingerprint density at radius 3 is 2.54 bits per heavy atom. The highest BCUT2D eigenvalue weighted by Gasteiger charge is 2.51. The fraction of sp³-hybridized carbons (Fsp3) is 0.448. The number of ketones is 2. The molecule has 39 heavy (non-hydrogen) atoms. The molecule has 1 aliphatic heterocycles. The number of anilines is 2. The van der Waals surface area contributed by atoms with E-state index >= 15 is 0 Å². The van der Waals surface area contributed by atoms with Crippen LogP contribution in [0.1, 0.15) is 76.7 Å². The largest absolute Gasteiger partial charge is 0.444 e. The van der Waals surface area contributed by atoms with Crippen molar-refractivity contribution in [2.24, 2.45) is 16.2 Å². The number of amides is 1. The van der Waals surface area contributed by atoms with E-state index in [9.17, 15) is 22.8 Å². The fourth-order valence-corrected chi connectivity index (χ4v) is 6.13. The first kappa shape index (κ1) is 28.5. The van der Waals surface area contributed by atoms with Crippen LogP contribution in [0.25, 0.3) is 0 Å². The van der Waals surface area contributed by atoms with Gasteiger partial charge in [-0.3, -0.25) is 14.9 Å². The molecule has 1 amide bonds. The molecule has 2 aromatic rings. The molecule has 4 rings (SSSR count). The topological polar surface area (TPSA) is 131 Å². The van der Waals surface area contributed by atoms with Crippen LogP contribution in [-0.4, -0.2) is 37.5 Å². The zero-order chi connectivity index (χ0) is 28.8. The highest BCUT2D eigenvalue weighted by molar-refractivity contribution is 7.90. The maximum absolute atomic E-state index is 14.0. The van der Waals surface area contributed by atoms with Crippen molar-refractivity contribution in [2.75, 3.05) is 10.6 Å². The molecule has 0 radical (unpaired) electrons. The minimum Gasteiger partial charge on any atom is -0.444 e. The summed E-state index contributed by atoms with van der Waals surface area (Å²) in [7, 11) is -4.30. The Labute approximate surface area is 229 Å². The van der Waals surface area contributed by atoms with Crippen LogP contribution in [0.3, 0.4) is 0 Å². The molecule has 0 spiro atoms. The Hall–Kier alpha value is -3.53. The number of carbonyl (C=O) groups excluding carboxylic acids is 3. The van der Waals surface area contributed by atoms with Crippen LogP contribution in [0, 0.1) is 11.8 Å². The van der Waals surface area contributed by atoms with Gasteiger partial charge in [0, 0.05) is 11.3 Å². The van der Waals surface area contributed by atoms with Crippen molar-refractivity contribution >= 4 is 44.9 Å². The molecule has 0 fully saturated rings. The molecule has 0 saturated carbocycles. The highest BCUT2D eigenvalue weighted by atomic mass is 32.2. The molecular formula is C29H35N3O6S. The van der Waals surface area contributed by atoms with Crippen molar-refractivity contribution in [1.82, 2.24) is 0 Å². The molecule has 2 N–H and O–H groups in total. The molecule has 0 aromatic heterocycles. The van der Waals surface area contributed by atoms with Gasteiger partial charge in [-0.2, -0.15) is 8.42 Å². The predicted octanol–water partition coefficient (Wildman–Crippen LogP) is 5.71. The molecule has 208 valence electrons. The lowest BCUT2D eigenvalue weighted by Crippen LogP contribution is -2.51. The van der Waals surface area contributed by atoms with Crippen molar-refractivity contribution in [1.29, 1.82) is 0 Å². The van der Waals surface area contributed by atoms with E-state index in [1.54, 1.807) is 45.0 Å². The third-order valence-corrected chi connectivity index (χ3v) is 8.68. The molecule has 0 bridgehead atoms. The second kappa shape index (κ2) is 10.2. The summed E-state index contributed by atoms with van der Waals surface area (Å²) in [6.07, 6.45) is 1.53. The van der Waals surface area contributed by atoms with Gasteiger partial charge in [0.05, 0.1) is 11.1 Å². The van der Waals surface area contributed by atoms with Gasteiger partial charge in [0.25, 0.3) is 10.0 Å².